The third-order valence-electron chi connectivity index (χ3n) is 4.44. The van der Waals surface area contributed by atoms with Crippen LogP contribution in [0, 0.1) is 0 Å². The Bertz CT molecular complexity index is 1110. The number of amides is 1. The summed E-state index contributed by atoms with van der Waals surface area (Å²) in [7, 11) is 0. The van der Waals surface area contributed by atoms with Crippen LogP contribution in [0.2, 0.25) is 0 Å². The van der Waals surface area contributed by atoms with Gasteiger partial charge in [0.1, 0.15) is 11.5 Å². The van der Waals surface area contributed by atoms with Crippen molar-refractivity contribution in [3.05, 3.63) is 74.2 Å². The fourth-order valence-electron chi connectivity index (χ4n) is 3.20. The van der Waals surface area contributed by atoms with E-state index in [1.807, 2.05) is 60.7 Å². The smallest absolute Gasteiger partial charge is 0.267 e. The Morgan fingerprint density at radius 2 is 1.96 bits per heavy atom. The summed E-state index contributed by atoms with van der Waals surface area (Å²) >= 11 is 8.54. The highest BCUT2D eigenvalue weighted by Gasteiger charge is 2.42. The van der Waals surface area contributed by atoms with E-state index in [2.05, 4.69) is 37.2 Å². The highest BCUT2D eigenvalue weighted by Crippen LogP contribution is 2.47. The summed E-state index contributed by atoms with van der Waals surface area (Å²) in [6, 6.07) is 17.6. The summed E-state index contributed by atoms with van der Waals surface area (Å²) in [5.74, 6) is 1.39. The molecule has 3 heterocycles. The fourth-order valence-corrected chi connectivity index (χ4v) is 5.13. The number of rotatable bonds is 2. The standard InChI is InChI=1S/C20H12Br2N2O2S/c21-11-5-7-14(22)13(9-11)17-8-6-12(26-17)10-18-19(25)24-16-4-2-1-3-15(16)23-20(24)27-18/h1-10,20,23H. The number of benzene rings is 2. The maximum atomic E-state index is 12.9. The zero-order valence-corrected chi connectivity index (χ0v) is 17.8. The first-order valence-corrected chi connectivity index (χ1v) is 10.7. The molecule has 27 heavy (non-hydrogen) atoms. The number of hydrogen-bond donors (Lipinski definition) is 1. The number of thioether (sulfide) groups is 1. The van der Waals surface area contributed by atoms with E-state index in [1.54, 1.807) is 4.90 Å². The first-order chi connectivity index (χ1) is 13.1. The van der Waals surface area contributed by atoms with Gasteiger partial charge in [0.15, 0.2) is 5.50 Å². The zero-order chi connectivity index (χ0) is 18.5. The molecule has 2 aromatic carbocycles. The van der Waals surface area contributed by atoms with Crippen LogP contribution in [0.4, 0.5) is 11.4 Å². The first kappa shape index (κ1) is 17.2. The van der Waals surface area contributed by atoms with Crippen molar-refractivity contribution in [3.8, 4) is 11.3 Å². The molecule has 5 rings (SSSR count). The molecule has 0 radical (unpaired) electrons. The largest absolute Gasteiger partial charge is 0.457 e. The number of hydrogen-bond acceptors (Lipinski definition) is 4. The van der Waals surface area contributed by atoms with Gasteiger partial charge in [0, 0.05) is 20.6 Å². The average Bonchev–Trinajstić information content (AvgIpc) is 3.33. The second-order valence-corrected chi connectivity index (χ2v) is 9.03. The lowest BCUT2D eigenvalue weighted by Crippen LogP contribution is -2.31. The van der Waals surface area contributed by atoms with Gasteiger partial charge in [-0.05, 0) is 42.5 Å². The lowest BCUT2D eigenvalue weighted by Gasteiger charge is -2.12. The van der Waals surface area contributed by atoms with Gasteiger partial charge in [0.05, 0.1) is 16.3 Å². The Balaban J connectivity index is 1.45. The quantitative estimate of drug-likeness (QED) is 0.416. The van der Waals surface area contributed by atoms with Gasteiger partial charge in [-0.1, -0.05) is 55.8 Å². The summed E-state index contributed by atoms with van der Waals surface area (Å²) in [5, 5.41) is 3.37. The number of para-hydroxylation sites is 2. The van der Waals surface area contributed by atoms with Crippen LogP contribution in [0.5, 0.6) is 0 Å². The summed E-state index contributed by atoms with van der Waals surface area (Å²) in [6.45, 7) is 0. The number of nitrogens with zero attached hydrogens (tertiary/aromatic N) is 1. The van der Waals surface area contributed by atoms with Crippen molar-refractivity contribution in [1.82, 2.24) is 0 Å². The molecule has 3 aromatic rings. The monoisotopic (exact) mass is 502 g/mol. The molecule has 4 nitrogen and oxygen atoms in total. The molecular weight excluding hydrogens is 492 g/mol. The van der Waals surface area contributed by atoms with Crippen molar-refractivity contribution in [3.63, 3.8) is 0 Å². The molecule has 1 saturated heterocycles. The van der Waals surface area contributed by atoms with Gasteiger partial charge in [0.25, 0.3) is 5.91 Å². The van der Waals surface area contributed by atoms with Gasteiger partial charge in [-0.3, -0.25) is 9.69 Å². The minimum Gasteiger partial charge on any atom is -0.457 e. The Morgan fingerprint density at radius 3 is 2.85 bits per heavy atom. The third kappa shape index (κ3) is 2.94. The van der Waals surface area contributed by atoms with E-state index < -0.39 is 0 Å². The van der Waals surface area contributed by atoms with Gasteiger partial charge in [-0.25, -0.2) is 0 Å². The summed E-state index contributed by atoms with van der Waals surface area (Å²) in [6.07, 6.45) is 1.81. The van der Waals surface area contributed by atoms with Crippen molar-refractivity contribution in [2.75, 3.05) is 10.2 Å². The molecule has 0 saturated carbocycles. The Kier molecular flexibility index (Phi) is 4.18. The maximum Gasteiger partial charge on any atom is 0.267 e. The van der Waals surface area contributed by atoms with Crippen LogP contribution in [0.15, 0.2) is 72.9 Å². The molecule has 2 aliphatic heterocycles. The highest BCUT2D eigenvalue weighted by molar-refractivity contribution is 9.11. The fraction of sp³-hybridized carbons (Fsp3) is 0.0500. The van der Waals surface area contributed by atoms with Gasteiger partial charge in [0.2, 0.25) is 0 Å². The van der Waals surface area contributed by atoms with Gasteiger partial charge < -0.3 is 9.73 Å². The van der Waals surface area contributed by atoms with Gasteiger partial charge in [-0.2, -0.15) is 0 Å². The number of fused-ring (bicyclic) bond motifs is 3. The van der Waals surface area contributed by atoms with Crippen LogP contribution in [0.25, 0.3) is 17.4 Å². The molecular formula is C20H12Br2N2O2S. The molecule has 1 aromatic heterocycles. The number of halogens is 2. The Morgan fingerprint density at radius 1 is 1.11 bits per heavy atom. The van der Waals surface area contributed by atoms with Crippen molar-refractivity contribution < 1.29 is 9.21 Å². The van der Waals surface area contributed by atoms with Gasteiger partial charge in [-0.15, -0.1) is 0 Å². The minimum atomic E-state index is -0.102. The van der Waals surface area contributed by atoms with Gasteiger partial charge >= 0.3 is 0 Å². The lowest BCUT2D eigenvalue weighted by atomic mass is 10.2. The first-order valence-electron chi connectivity index (χ1n) is 8.23. The van der Waals surface area contributed by atoms with E-state index in [-0.39, 0.29) is 11.4 Å². The second kappa shape index (κ2) is 6.58. The van der Waals surface area contributed by atoms with Crippen LogP contribution in [0.3, 0.4) is 0 Å². The van der Waals surface area contributed by atoms with Crippen LogP contribution in [-0.4, -0.2) is 11.4 Å². The molecule has 1 atom stereocenters. The predicted octanol–water partition coefficient (Wildman–Crippen LogP) is 6.30. The summed E-state index contributed by atoms with van der Waals surface area (Å²) < 4.78 is 7.90. The summed E-state index contributed by atoms with van der Waals surface area (Å²) in [4.78, 5) is 15.3. The van der Waals surface area contributed by atoms with Crippen molar-refractivity contribution in [2.45, 2.75) is 5.50 Å². The average molecular weight is 504 g/mol. The number of carbonyl (C=O) groups excluding carboxylic acids is 1. The van der Waals surface area contributed by atoms with Crippen molar-refractivity contribution in [2.24, 2.45) is 0 Å². The minimum absolute atomic E-state index is 0.0102. The van der Waals surface area contributed by atoms with Crippen LogP contribution >= 0.6 is 43.6 Å². The molecule has 1 amide bonds. The number of nitrogens with one attached hydrogen (secondary N) is 1. The second-order valence-electron chi connectivity index (χ2n) is 6.14. The van der Waals surface area contributed by atoms with E-state index in [0.29, 0.717) is 10.7 Å². The molecule has 1 unspecified atom stereocenters. The number of carbonyl (C=O) groups is 1. The van der Waals surface area contributed by atoms with Crippen molar-refractivity contribution >= 4 is 67.0 Å². The van der Waals surface area contributed by atoms with E-state index in [1.165, 1.54) is 11.8 Å². The van der Waals surface area contributed by atoms with E-state index in [9.17, 15) is 4.79 Å². The van der Waals surface area contributed by atoms with E-state index in [4.69, 9.17) is 4.42 Å². The third-order valence-corrected chi connectivity index (χ3v) is 6.72. The molecule has 134 valence electrons. The molecule has 2 aliphatic rings. The number of furan rings is 1. The maximum absolute atomic E-state index is 12.9. The van der Waals surface area contributed by atoms with Crippen molar-refractivity contribution in [1.29, 1.82) is 0 Å². The number of anilines is 2. The molecule has 0 aliphatic carbocycles. The normalized spacial score (nSPS) is 19.3. The highest BCUT2D eigenvalue weighted by atomic mass is 79.9. The molecule has 1 fully saturated rings. The Hall–Kier alpha value is -1.96. The molecule has 0 spiro atoms. The summed E-state index contributed by atoms with van der Waals surface area (Å²) in [5.41, 5.74) is 2.76. The lowest BCUT2D eigenvalue weighted by molar-refractivity contribution is -0.114. The molecule has 1 N–H and O–H groups in total. The molecule has 0 bridgehead atoms. The predicted molar refractivity (Wildman–Crippen MR) is 116 cm³/mol. The SMILES string of the molecule is O=C1C(=Cc2ccc(-c3cc(Br)ccc3Br)o2)SC2Nc3ccccc3N12. The van der Waals surface area contributed by atoms with E-state index >= 15 is 0 Å². The van der Waals surface area contributed by atoms with Crippen LogP contribution in [0.1, 0.15) is 5.76 Å². The zero-order valence-electron chi connectivity index (χ0n) is 13.8. The van der Waals surface area contributed by atoms with Crippen LogP contribution < -0.4 is 10.2 Å². The van der Waals surface area contributed by atoms with E-state index in [0.717, 1.165) is 31.6 Å². The molecule has 7 heteroatoms. The van der Waals surface area contributed by atoms with Crippen LogP contribution in [-0.2, 0) is 4.79 Å². The Labute approximate surface area is 176 Å². The topological polar surface area (TPSA) is 45.5 Å².